The summed E-state index contributed by atoms with van der Waals surface area (Å²) in [6.07, 6.45) is 3.10. The van der Waals surface area contributed by atoms with Gasteiger partial charge in [-0.15, -0.1) is 11.3 Å². The van der Waals surface area contributed by atoms with E-state index in [9.17, 15) is 9.59 Å². The van der Waals surface area contributed by atoms with E-state index in [2.05, 4.69) is 15.0 Å². The molecule has 0 radical (unpaired) electrons. The molecule has 2 rings (SSSR count). The summed E-state index contributed by atoms with van der Waals surface area (Å²) in [5.41, 5.74) is 2.20. The molecule has 0 fully saturated rings. The van der Waals surface area contributed by atoms with E-state index in [1.807, 2.05) is 13.8 Å². The molecule has 0 aliphatic heterocycles. The van der Waals surface area contributed by atoms with Crippen LogP contribution in [0, 0.1) is 13.8 Å². The summed E-state index contributed by atoms with van der Waals surface area (Å²) < 4.78 is 4.63. The van der Waals surface area contributed by atoms with E-state index >= 15 is 0 Å². The van der Waals surface area contributed by atoms with Crippen molar-refractivity contribution in [3.8, 4) is 0 Å². The lowest BCUT2D eigenvalue weighted by atomic mass is 10.1. The minimum atomic E-state index is -0.386. The van der Waals surface area contributed by atoms with Crippen molar-refractivity contribution in [3.63, 3.8) is 0 Å². The standard InChI is InChI=1S/C16H16N2O3S/c1-10-11(2)22-16(17-10)18-14(19)9-6-12-4-7-13(8-5-12)15(20)21-3/h4-9H,1-3H3,(H,17,18,19)/b9-6+. The highest BCUT2D eigenvalue weighted by Crippen LogP contribution is 2.21. The van der Waals surface area contributed by atoms with Crippen LogP contribution in [0.4, 0.5) is 5.13 Å². The molecule has 1 heterocycles. The van der Waals surface area contributed by atoms with Gasteiger partial charge in [0.15, 0.2) is 5.13 Å². The van der Waals surface area contributed by atoms with Crippen LogP contribution in [0.2, 0.25) is 0 Å². The monoisotopic (exact) mass is 316 g/mol. The third-order valence-corrected chi connectivity index (χ3v) is 4.01. The van der Waals surface area contributed by atoms with E-state index in [0.717, 1.165) is 16.1 Å². The van der Waals surface area contributed by atoms with Gasteiger partial charge in [-0.05, 0) is 37.6 Å². The average Bonchev–Trinajstić information content (AvgIpc) is 2.82. The largest absolute Gasteiger partial charge is 0.465 e. The Labute approximate surface area is 132 Å². The van der Waals surface area contributed by atoms with Gasteiger partial charge in [-0.3, -0.25) is 10.1 Å². The first kappa shape index (κ1) is 15.9. The number of hydrogen-bond donors (Lipinski definition) is 1. The number of rotatable bonds is 4. The number of nitrogens with zero attached hydrogens (tertiary/aromatic N) is 1. The van der Waals surface area contributed by atoms with Crippen LogP contribution in [-0.4, -0.2) is 24.0 Å². The van der Waals surface area contributed by atoms with Crippen LogP contribution in [0.3, 0.4) is 0 Å². The molecule has 0 spiro atoms. The number of benzene rings is 1. The molecule has 1 N–H and O–H groups in total. The van der Waals surface area contributed by atoms with Gasteiger partial charge in [-0.1, -0.05) is 12.1 Å². The highest BCUT2D eigenvalue weighted by atomic mass is 32.1. The molecule has 0 unspecified atom stereocenters. The number of ether oxygens (including phenoxy) is 1. The first-order chi connectivity index (χ1) is 10.5. The van der Waals surface area contributed by atoms with Gasteiger partial charge in [0.2, 0.25) is 5.91 Å². The molecule has 1 amide bonds. The molecule has 22 heavy (non-hydrogen) atoms. The summed E-state index contributed by atoms with van der Waals surface area (Å²) in [7, 11) is 1.34. The summed E-state index contributed by atoms with van der Waals surface area (Å²) in [4.78, 5) is 28.5. The molecule has 0 aliphatic rings. The number of carbonyl (C=O) groups excluding carboxylic acids is 2. The van der Waals surface area contributed by atoms with E-state index < -0.39 is 0 Å². The van der Waals surface area contributed by atoms with Gasteiger partial charge in [-0.2, -0.15) is 0 Å². The Bertz CT molecular complexity index is 698. The Morgan fingerprint density at radius 1 is 1.23 bits per heavy atom. The number of hydrogen-bond acceptors (Lipinski definition) is 5. The van der Waals surface area contributed by atoms with Gasteiger partial charge in [0.05, 0.1) is 18.4 Å². The highest BCUT2D eigenvalue weighted by Gasteiger charge is 2.06. The normalized spacial score (nSPS) is 10.7. The molecule has 1 aromatic heterocycles. The van der Waals surface area contributed by atoms with Gasteiger partial charge in [0.25, 0.3) is 0 Å². The summed E-state index contributed by atoms with van der Waals surface area (Å²) >= 11 is 1.44. The number of aryl methyl sites for hydroxylation is 2. The van der Waals surface area contributed by atoms with Crippen molar-refractivity contribution in [2.45, 2.75) is 13.8 Å². The molecular weight excluding hydrogens is 300 g/mol. The minimum absolute atomic E-state index is 0.245. The molecule has 0 aliphatic carbocycles. The fourth-order valence-electron chi connectivity index (χ4n) is 1.69. The van der Waals surface area contributed by atoms with Crippen molar-refractivity contribution < 1.29 is 14.3 Å². The fourth-order valence-corrected chi connectivity index (χ4v) is 2.51. The lowest BCUT2D eigenvalue weighted by Gasteiger charge is -1.99. The second-order valence-corrected chi connectivity index (χ2v) is 5.80. The molecule has 0 saturated heterocycles. The second-order valence-electron chi connectivity index (χ2n) is 4.60. The van der Waals surface area contributed by atoms with E-state index in [4.69, 9.17) is 0 Å². The Morgan fingerprint density at radius 2 is 1.91 bits per heavy atom. The lowest BCUT2D eigenvalue weighted by molar-refractivity contribution is -0.111. The van der Waals surface area contributed by atoms with Crippen LogP contribution < -0.4 is 5.32 Å². The van der Waals surface area contributed by atoms with Crippen LogP contribution in [-0.2, 0) is 9.53 Å². The molecule has 5 nitrogen and oxygen atoms in total. The van der Waals surface area contributed by atoms with Crippen LogP contribution in [0.25, 0.3) is 6.08 Å². The van der Waals surface area contributed by atoms with Crippen LogP contribution >= 0.6 is 11.3 Å². The maximum absolute atomic E-state index is 11.8. The Balaban J connectivity index is 1.98. The number of carbonyl (C=O) groups is 2. The number of anilines is 1. The Kier molecular flexibility index (Phi) is 5.06. The van der Waals surface area contributed by atoms with E-state index in [-0.39, 0.29) is 11.9 Å². The zero-order valence-electron chi connectivity index (χ0n) is 12.5. The topological polar surface area (TPSA) is 68.3 Å². The van der Waals surface area contributed by atoms with Gasteiger partial charge >= 0.3 is 5.97 Å². The Hall–Kier alpha value is -2.47. The van der Waals surface area contributed by atoms with Crippen LogP contribution in [0.15, 0.2) is 30.3 Å². The summed E-state index contributed by atoms with van der Waals surface area (Å²) in [5, 5.41) is 3.31. The van der Waals surface area contributed by atoms with E-state index in [1.54, 1.807) is 30.3 Å². The van der Waals surface area contributed by atoms with Gasteiger partial charge < -0.3 is 4.74 Å². The van der Waals surface area contributed by atoms with E-state index in [0.29, 0.717) is 10.7 Å². The first-order valence-electron chi connectivity index (χ1n) is 6.61. The van der Waals surface area contributed by atoms with Crippen molar-refractivity contribution in [3.05, 3.63) is 52.0 Å². The summed E-state index contributed by atoms with van der Waals surface area (Å²) in [6.45, 7) is 3.86. The number of thiazole rings is 1. The fraction of sp³-hybridized carbons (Fsp3) is 0.188. The molecule has 0 bridgehead atoms. The van der Waals surface area contributed by atoms with Gasteiger partial charge in [0, 0.05) is 11.0 Å². The molecule has 0 saturated carbocycles. The number of esters is 1. The van der Waals surface area contributed by atoms with Crippen molar-refractivity contribution >= 4 is 34.4 Å². The third kappa shape index (κ3) is 4.02. The quantitative estimate of drug-likeness (QED) is 0.695. The van der Waals surface area contributed by atoms with Crippen molar-refractivity contribution in [2.24, 2.45) is 0 Å². The molecule has 6 heteroatoms. The average molecular weight is 316 g/mol. The van der Waals surface area contributed by atoms with Gasteiger partial charge in [-0.25, -0.2) is 9.78 Å². The predicted octanol–water partition coefficient (Wildman–Crippen LogP) is 3.20. The van der Waals surface area contributed by atoms with Gasteiger partial charge in [0.1, 0.15) is 0 Å². The minimum Gasteiger partial charge on any atom is -0.465 e. The predicted molar refractivity (Wildman–Crippen MR) is 87.0 cm³/mol. The second kappa shape index (κ2) is 7.00. The maximum Gasteiger partial charge on any atom is 0.337 e. The highest BCUT2D eigenvalue weighted by molar-refractivity contribution is 7.15. The summed E-state index contributed by atoms with van der Waals surface area (Å²) in [5.74, 6) is -0.631. The van der Waals surface area contributed by atoms with Crippen molar-refractivity contribution in [1.29, 1.82) is 0 Å². The zero-order valence-corrected chi connectivity index (χ0v) is 13.4. The molecular formula is C16H16N2O3S. The summed E-state index contributed by atoms with van der Waals surface area (Å²) in [6, 6.07) is 6.79. The number of amides is 1. The molecule has 2 aromatic rings. The SMILES string of the molecule is COC(=O)c1ccc(/C=C/C(=O)Nc2nc(C)c(C)s2)cc1. The smallest absolute Gasteiger partial charge is 0.337 e. The number of methoxy groups -OCH3 is 1. The number of aromatic nitrogens is 1. The van der Waals surface area contributed by atoms with Crippen LogP contribution in [0.1, 0.15) is 26.5 Å². The third-order valence-electron chi connectivity index (χ3n) is 3.02. The molecule has 114 valence electrons. The molecule has 1 aromatic carbocycles. The molecule has 0 atom stereocenters. The first-order valence-corrected chi connectivity index (χ1v) is 7.42. The lowest BCUT2D eigenvalue weighted by Crippen LogP contribution is -2.07. The van der Waals surface area contributed by atoms with Crippen molar-refractivity contribution in [2.75, 3.05) is 12.4 Å². The number of nitrogens with one attached hydrogen (secondary N) is 1. The maximum atomic E-state index is 11.8. The van der Waals surface area contributed by atoms with Crippen LogP contribution in [0.5, 0.6) is 0 Å². The Morgan fingerprint density at radius 3 is 2.45 bits per heavy atom. The van der Waals surface area contributed by atoms with E-state index in [1.165, 1.54) is 24.5 Å². The zero-order chi connectivity index (χ0) is 16.1. The van der Waals surface area contributed by atoms with Crippen molar-refractivity contribution in [1.82, 2.24) is 4.98 Å².